The van der Waals surface area contributed by atoms with Crippen molar-refractivity contribution in [1.82, 2.24) is 9.21 Å². The van der Waals surface area contributed by atoms with Gasteiger partial charge in [-0.25, -0.2) is 8.42 Å². The second-order valence-electron chi connectivity index (χ2n) is 6.56. The number of thiophene rings is 2. The normalized spacial score (nSPS) is 15.8. The van der Waals surface area contributed by atoms with Gasteiger partial charge in [-0.1, -0.05) is 36.4 Å². The van der Waals surface area contributed by atoms with Gasteiger partial charge in [0.2, 0.25) is 5.91 Å². The smallest absolute Gasteiger partial charge is 0.252 e. The Hall–Kier alpha value is -2.26. The third kappa shape index (κ3) is 4.51. The van der Waals surface area contributed by atoms with Crippen molar-refractivity contribution >= 4 is 44.7 Å². The highest BCUT2D eigenvalue weighted by Crippen LogP contribution is 2.28. The Morgan fingerprint density at radius 1 is 0.931 bits per heavy atom. The van der Waals surface area contributed by atoms with Crippen LogP contribution in [0, 0.1) is 0 Å². The number of hydrogen-bond donors (Lipinski definition) is 0. The first kappa shape index (κ1) is 20.0. The highest BCUT2D eigenvalue weighted by Gasteiger charge is 2.30. The van der Waals surface area contributed by atoms with Crippen LogP contribution in [0.25, 0.3) is 16.5 Å². The van der Waals surface area contributed by atoms with Gasteiger partial charge >= 0.3 is 0 Å². The first-order valence-corrected chi connectivity index (χ1v) is 12.3. The standard InChI is InChI=1S/C21H20N2O3S3/c24-20(11-9-18-8-10-19(28-18)17-5-2-1-3-6-17)22-12-14-23(15-13-22)29(25,26)21-7-4-16-27-21/h1-11,16H,12-15H2/b11-9+. The number of piperazine rings is 1. The van der Waals surface area contributed by atoms with Crippen molar-refractivity contribution in [3.63, 3.8) is 0 Å². The molecule has 1 saturated heterocycles. The molecule has 0 spiro atoms. The molecular weight excluding hydrogens is 424 g/mol. The van der Waals surface area contributed by atoms with Gasteiger partial charge in [-0.3, -0.25) is 4.79 Å². The van der Waals surface area contributed by atoms with Crippen LogP contribution in [0.1, 0.15) is 4.88 Å². The summed E-state index contributed by atoms with van der Waals surface area (Å²) in [6.07, 6.45) is 3.40. The third-order valence-corrected chi connectivity index (χ3v) is 9.09. The fourth-order valence-corrected chi connectivity index (χ4v) is 6.63. The molecule has 2 aromatic heterocycles. The van der Waals surface area contributed by atoms with Gasteiger partial charge in [-0.2, -0.15) is 4.31 Å². The van der Waals surface area contributed by atoms with Crippen LogP contribution < -0.4 is 0 Å². The molecule has 3 aromatic rings. The van der Waals surface area contributed by atoms with Crippen molar-refractivity contribution in [2.24, 2.45) is 0 Å². The van der Waals surface area contributed by atoms with Crippen LogP contribution in [0.5, 0.6) is 0 Å². The third-order valence-electron chi connectivity index (χ3n) is 4.71. The lowest BCUT2D eigenvalue weighted by Crippen LogP contribution is -2.50. The summed E-state index contributed by atoms with van der Waals surface area (Å²) >= 11 is 2.85. The van der Waals surface area contributed by atoms with Gasteiger partial charge in [-0.15, -0.1) is 22.7 Å². The maximum absolute atomic E-state index is 12.6. The minimum atomic E-state index is -3.45. The van der Waals surface area contributed by atoms with E-state index in [0.29, 0.717) is 30.4 Å². The Balaban J connectivity index is 1.35. The lowest BCUT2D eigenvalue weighted by atomic mass is 10.2. The Kier molecular flexibility index (Phi) is 5.96. The Morgan fingerprint density at radius 2 is 1.69 bits per heavy atom. The SMILES string of the molecule is O=C(/C=C/c1ccc(-c2ccccc2)s1)N1CCN(S(=O)(=O)c2cccs2)CC1. The molecule has 1 aliphatic rings. The Labute approximate surface area is 178 Å². The second kappa shape index (κ2) is 8.62. The number of amides is 1. The summed E-state index contributed by atoms with van der Waals surface area (Å²) in [4.78, 5) is 16.4. The molecule has 0 aliphatic carbocycles. The van der Waals surface area contributed by atoms with E-state index in [9.17, 15) is 13.2 Å². The summed E-state index contributed by atoms with van der Waals surface area (Å²) < 4.78 is 27.0. The van der Waals surface area contributed by atoms with Gasteiger partial charge in [0, 0.05) is 42.0 Å². The van der Waals surface area contributed by atoms with Crippen molar-refractivity contribution < 1.29 is 13.2 Å². The molecule has 29 heavy (non-hydrogen) atoms. The number of carbonyl (C=O) groups excluding carboxylic acids is 1. The van der Waals surface area contributed by atoms with E-state index in [-0.39, 0.29) is 5.91 Å². The van der Waals surface area contributed by atoms with E-state index in [4.69, 9.17) is 0 Å². The van der Waals surface area contributed by atoms with Gasteiger partial charge in [0.1, 0.15) is 4.21 Å². The van der Waals surface area contributed by atoms with Gasteiger partial charge in [0.25, 0.3) is 10.0 Å². The molecule has 0 unspecified atom stereocenters. The van der Waals surface area contributed by atoms with Gasteiger partial charge in [0.15, 0.2) is 0 Å². The predicted molar refractivity (Wildman–Crippen MR) is 118 cm³/mol. The molecule has 8 heteroatoms. The first-order valence-electron chi connectivity index (χ1n) is 9.20. The average molecular weight is 445 g/mol. The highest BCUT2D eigenvalue weighted by molar-refractivity contribution is 7.91. The maximum Gasteiger partial charge on any atom is 0.252 e. The van der Waals surface area contributed by atoms with E-state index in [0.717, 1.165) is 15.3 Å². The van der Waals surface area contributed by atoms with Crippen molar-refractivity contribution in [2.45, 2.75) is 4.21 Å². The molecule has 1 aromatic carbocycles. The maximum atomic E-state index is 12.6. The van der Waals surface area contributed by atoms with E-state index in [1.165, 1.54) is 15.6 Å². The number of carbonyl (C=O) groups is 1. The van der Waals surface area contributed by atoms with Crippen LogP contribution in [-0.2, 0) is 14.8 Å². The Bertz CT molecular complexity index is 1100. The fraction of sp³-hybridized carbons (Fsp3) is 0.190. The Morgan fingerprint density at radius 3 is 2.38 bits per heavy atom. The molecule has 5 nitrogen and oxygen atoms in total. The molecule has 150 valence electrons. The minimum absolute atomic E-state index is 0.0900. The summed E-state index contributed by atoms with van der Waals surface area (Å²) in [6.45, 7) is 1.43. The minimum Gasteiger partial charge on any atom is -0.337 e. The molecule has 1 fully saturated rings. The van der Waals surface area contributed by atoms with E-state index in [2.05, 4.69) is 18.2 Å². The van der Waals surface area contributed by atoms with Crippen LogP contribution in [0.3, 0.4) is 0 Å². The van der Waals surface area contributed by atoms with E-state index < -0.39 is 10.0 Å². The van der Waals surface area contributed by atoms with Crippen LogP contribution in [0.4, 0.5) is 0 Å². The first-order chi connectivity index (χ1) is 14.0. The van der Waals surface area contributed by atoms with E-state index in [1.54, 1.807) is 39.8 Å². The van der Waals surface area contributed by atoms with Gasteiger partial charge in [-0.05, 0) is 35.2 Å². The van der Waals surface area contributed by atoms with Crippen molar-refractivity contribution in [3.05, 3.63) is 70.9 Å². The lowest BCUT2D eigenvalue weighted by Gasteiger charge is -2.33. The van der Waals surface area contributed by atoms with Crippen LogP contribution in [0.2, 0.25) is 0 Å². The largest absolute Gasteiger partial charge is 0.337 e. The molecule has 0 atom stereocenters. The monoisotopic (exact) mass is 444 g/mol. The van der Waals surface area contributed by atoms with Crippen LogP contribution >= 0.6 is 22.7 Å². The number of nitrogens with zero attached hydrogens (tertiary/aromatic N) is 2. The number of rotatable bonds is 5. The number of sulfonamides is 1. The summed E-state index contributed by atoms with van der Waals surface area (Å²) in [5.74, 6) is -0.0900. The van der Waals surface area contributed by atoms with Crippen molar-refractivity contribution in [1.29, 1.82) is 0 Å². The van der Waals surface area contributed by atoms with Crippen LogP contribution in [-0.4, -0.2) is 49.7 Å². The molecule has 1 amide bonds. The quantitative estimate of drug-likeness (QED) is 0.559. The molecule has 3 heterocycles. The second-order valence-corrected chi connectivity index (χ2v) is 10.8. The lowest BCUT2D eigenvalue weighted by molar-refractivity contribution is -0.127. The predicted octanol–water partition coefficient (Wildman–Crippen LogP) is 4.02. The zero-order valence-electron chi connectivity index (χ0n) is 15.6. The molecule has 0 saturated carbocycles. The zero-order chi connectivity index (χ0) is 20.3. The molecule has 4 rings (SSSR count). The van der Waals surface area contributed by atoms with Gasteiger partial charge in [0.05, 0.1) is 0 Å². The van der Waals surface area contributed by atoms with E-state index in [1.807, 2.05) is 30.3 Å². The number of benzene rings is 1. The molecular formula is C21H20N2O3S3. The summed E-state index contributed by atoms with van der Waals surface area (Å²) in [6, 6.07) is 17.5. The molecule has 0 bridgehead atoms. The van der Waals surface area contributed by atoms with Crippen molar-refractivity contribution in [3.8, 4) is 10.4 Å². The highest BCUT2D eigenvalue weighted by atomic mass is 32.2. The van der Waals surface area contributed by atoms with Crippen LogP contribution in [0.15, 0.2) is 70.3 Å². The molecule has 0 N–H and O–H groups in total. The summed E-state index contributed by atoms with van der Waals surface area (Å²) in [5.41, 5.74) is 1.16. The summed E-state index contributed by atoms with van der Waals surface area (Å²) in [7, 11) is -3.45. The van der Waals surface area contributed by atoms with Crippen molar-refractivity contribution in [2.75, 3.05) is 26.2 Å². The topological polar surface area (TPSA) is 57.7 Å². The molecule has 0 radical (unpaired) electrons. The number of hydrogen-bond acceptors (Lipinski definition) is 5. The van der Waals surface area contributed by atoms with E-state index >= 15 is 0 Å². The fourth-order valence-electron chi connectivity index (χ4n) is 3.15. The van der Waals surface area contributed by atoms with Gasteiger partial charge < -0.3 is 4.90 Å². The summed E-state index contributed by atoms with van der Waals surface area (Å²) in [5, 5.41) is 1.76. The molecule has 1 aliphatic heterocycles. The average Bonchev–Trinajstić information content (AvgIpc) is 3.45. The zero-order valence-corrected chi connectivity index (χ0v) is 18.1.